The molecule has 2 heterocycles. The molecule has 1 aliphatic carbocycles. The van der Waals surface area contributed by atoms with Crippen LogP contribution in [0.2, 0.25) is 0 Å². The molecule has 1 saturated heterocycles. The van der Waals surface area contributed by atoms with Crippen molar-refractivity contribution in [1.82, 2.24) is 4.90 Å². The van der Waals surface area contributed by atoms with E-state index < -0.39 is 12.1 Å². The molecule has 0 N–H and O–H groups in total. The zero-order valence-corrected chi connectivity index (χ0v) is 15.1. The molecule has 5 heteroatoms. The molecule has 1 aromatic heterocycles. The van der Waals surface area contributed by atoms with Crippen LogP contribution < -0.4 is 0 Å². The van der Waals surface area contributed by atoms with Crippen LogP contribution in [-0.4, -0.2) is 36.0 Å². The fourth-order valence-electron chi connectivity index (χ4n) is 3.64. The third-order valence-corrected chi connectivity index (χ3v) is 6.18. The molecule has 4 rings (SSSR count). The van der Waals surface area contributed by atoms with Crippen molar-refractivity contribution in [2.24, 2.45) is 0 Å². The molecule has 130 valence electrons. The van der Waals surface area contributed by atoms with E-state index in [1.54, 1.807) is 11.8 Å². The number of esters is 1. The molecule has 4 nitrogen and oxygen atoms in total. The number of carbonyl (C=O) groups excluding carboxylic acids is 2. The smallest absolute Gasteiger partial charge is 0.349 e. The van der Waals surface area contributed by atoms with Crippen molar-refractivity contribution < 1.29 is 14.3 Å². The minimum atomic E-state index is -0.725. The zero-order chi connectivity index (χ0) is 17.4. The Morgan fingerprint density at radius 2 is 1.84 bits per heavy atom. The molecule has 2 aliphatic rings. The number of hydrogen-bond donors (Lipinski definition) is 0. The van der Waals surface area contributed by atoms with Crippen molar-refractivity contribution in [3.05, 3.63) is 46.3 Å². The fraction of sp³-hybridized carbons (Fsp3) is 0.400. The van der Waals surface area contributed by atoms with Crippen LogP contribution in [0.5, 0.6) is 0 Å². The lowest BCUT2D eigenvalue weighted by Crippen LogP contribution is -2.38. The maximum atomic E-state index is 12.5. The van der Waals surface area contributed by atoms with Crippen molar-refractivity contribution in [2.75, 3.05) is 13.1 Å². The maximum Gasteiger partial charge on any atom is 0.349 e. The Labute approximate surface area is 151 Å². The Balaban J connectivity index is 1.50. The van der Waals surface area contributed by atoms with E-state index in [1.165, 1.54) is 28.0 Å². The van der Waals surface area contributed by atoms with E-state index in [1.807, 2.05) is 12.1 Å². The minimum absolute atomic E-state index is 0.0856. The van der Waals surface area contributed by atoms with Gasteiger partial charge in [-0.15, -0.1) is 11.3 Å². The van der Waals surface area contributed by atoms with Gasteiger partial charge < -0.3 is 9.64 Å². The molecule has 25 heavy (non-hydrogen) atoms. The highest BCUT2D eigenvalue weighted by Gasteiger charge is 2.28. The van der Waals surface area contributed by atoms with Gasteiger partial charge in [0, 0.05) is 18.0 Å². The number of carbonyl (C=O) groups is 2. The normalized spacial score (nSPS) is 16.9. The highest BCUT2D eigenvalue weighted by atomic mass is 32.1. The highest BCUT2D eigenvalue weighted by molar-refractivity contribution is 7.17. The van der Waals surface area contributed by atoms with Gasteiger partial charge in [-0.2, -0.15) is 0 Å². The summed E-state index contributed by atoms with van der Waals surface area (Å²) >= 11 is 1.47. The van der Waals surface area contributed by atoms with E-state index in [4.69, 9.17) is 4.74 Å². The van der Waals surface area contributed by atoms with Gasteiger partial charge in [-0.1, -0.05) is 24.3 Å². The molecule has 1 aromatic carbocycles. The molecule has 0 unspecified atom stereocenters. The van der Waals surface area contributed by atoms with Gasteiger partial charge in [0.05, 0.1) is 0 Å². The summed E-state index contributed by atoms with van der Waals surface area (Å²) in [5.74, 6) is -0.477. The number of amides is 1. The number of rotatable bonds is 3. The molecule has 2 aromatic rings. The molecule has 0 saturated carbocycles. The van der Waals surface area contributed by atoms with E-state index in [-0.39, 0.29) is 5.91 Å². The van der Waals surface area contributed by atoms with Gasteiger partial charge in [-0.3, -0.25) is 4.79 Å². The van der Waals surface area contributed by atoms with E-state index in [0.717, 1.165) is 43.6 Å². The summed E-state index contributed by atoms with van der Waals surface area (Å²) in [5.41, 5.74) is 3.75. The number of thiophene rings is 1. The molecule has 1 aliphatic heterocycles. The second-order valence-electron chi connectivity index (χ2n) is 6.70. The van der Waals surface area contributed by atoms with Gasteiger partial charge in [-0.25, -0.2) is 4.79 Å². The van der Waals surface area contributed by atoms with Crippen molar-refractivity contribution in [1.29, 1.82) is 0 Å². The SMILES string of the molecule is C[C@H](OC(=O)c1cc2c(s1)-c1ccccc1CC2)C(=O)N1CCCC1. The Kier molecular flexibility index (Phi) is 4.34. The molecule has 0 bridgehead atoms. The van der Waals surface area contributed by atoms with Gasteiger partial charge in [0.25, 0.3) is 5.91 Å². The third kappa shape index (κ3) is 3.09. The lowest BCUT2D eigenvalue weighted by atomic mass is 9.91. The fourth-order valence-corrected chi connectivity index (χ4v) is 4.79. The van der Waals surface area contributed by atoms with Gasteiger partial charge in [-0.05, 0) is 55.4 Å². The first-order chi connectivity index (χ1) is 12.1. The van der Waals surface area contributed by atoms with Crippen molar-refractivity contribution in [3.63, 3.8) is 0 Å². The van der Waals surface area contributed by atoms with Crippen molar-refractivity contribution in [3.8, 4) is 10.4 Å². The number of fused-ring (bicyclic) bond motifs is 3. The Bertz CT molecular complexity index is 820. The van der Waals surface area contributed by atoms with Gasteiger partial charge in [0.1, 0.15) is 4.88 Å². The minimum Gasteiger partial charge on any atom is -0.448 e. The third-order valence-electron chi connectivity index (χ3n) is 4.99. The largest absolute Gasteiger partial charge is 0.448 e. The monoisotopic (exact) mass is 355 g/mol. The van der Waals surface area contributed by atoms with E-state index in [9.17, 15) is 9.59 Å². The molecule has 1 amide bonds. The van der Waals surface area contributed by atoms with Crippen LogP contribution >= 0.6 is 11.3 Å². The van der Waals surface area contributed by atoms with Crippen LogP contribution in [0.3, 0.4) is 0 Å². The summed E-state index contributed by atoms with van der Waals surface area (Å²) in [6.45, 7) is 3.21. The van der Waals surface area contributed by atoms with Crippen LogP contribution in [0.25, 0.3) is 10.4 Å². The molecular formula is C20H21NO3S. The number of benzene rings is 1. The quantitative estimate of drug-likeness (QED) is 0.789. The van der Waals surface area contributed by atoms with Crippen LogP contribution in [0.4, 0.5) is 0 Å². The highest BCUT2D eigenvalue weighted by Crippen LogP contribution is 2.39. The van der Waals surface area contributed by atoms with Crippen molar-refractivity contribution in [2.45, 2.75) is 38.7 Å². The second kappa shape index (κ2) is 6.64. The second-order valence-corrected chi connectivity index (χ2v) is 7.75. The summed E-state index contributed by atoms with van der Waals surface area (Å²) in [6, 6.07) is 10.3. The number of ether oxygens (including phenoxy) is 1. The first kappa shape index (κ1) is 16.3. The van der Waals surface area contributed by atoms with E-state index >= 15 is 0 Å². The Morgan fingerprint density at radius 1 is 1.12 bits per heavy atom. The first-order valence-corrected chi connectivity index (χ1v) is 9.66. The van der Waals surface area contributed by atoms with Gasteiger partial charge in [0.15, 0.2) is 6.10 Å². The summed E-state index contributed by atoms with van der Waals surface area (Å²) < 4.78 is 5.46. The Morgan fingerprint density at radius 3 is 2.64 bits per heavy atom. The van der Waals surface area contributed by atoms with Crippen LogP contribution in [0, 0.1) is 0 Å². The number of hydrogen-bond acceptors (Lipinski definition) is 4. The summed E-state index contributed by atoms with van der Waals surface area (Å²) in [7, 11) is 0. The molecule has 0 radical (unpaired) electrons. The maximum absolute atomic E-state index is 12.5. The Hall–Kier alpha value is -2.14. The van der Waals surface area contributed by atoms with Gasteiger partial charge in [0.2, 0.25) is 0 Å². The van der Waals surface area contributed by atoms with Crippen LogP contribution in [-0.2, 0) is 22.4 Å². The lowest BCUT2D eigenvalue weighted by molar-refractivity contribution is -0.138. The average molecular weight is 355 g/mol. The van der Waals surface area contributed by atoms with Crippen LogP contribution in [0.1, 0.15) is 40.6 Å². The summed E-state index contributed by atoms with van der Waals surface area (Å²) in [6.07, 6.45) is 3.28. The molecular weight excluding hydrogens is 334 g/mol. The van der Waals surface area contributed by atoms with Gasteiger partial charge >= 0.3 is 5.97 Å². The average Bonchev–Trinajstić information content (AvgIpc) is 3.30. The predicted molar refractivity (Wildman–Crippen MR) is 97.9 cm³/mol. The van der Waals surface area contributed by atoms with E-state index in [0.29, 0.717) is 4.88 Å². The number of aryl methyl sites for hydroxylation is 2. The van der Waals surface area contributed by atoms with E-state index in [2.05, 4.69) is 18.2 Å². The predicted octanol–water partition coefficient (Wildman–Crippen LogP) is 3.68. The standard InChI is InChI=1S/C20H21NO3S/c1-13(19(22)21-10-4-5-11-21)24-20(23)17-12-15-9-8-14-6-2-3-7-16(14)18(15)25-17/h2-3,6-7,12-13H,4-5,8-11H2,1H3/t13-/m0/s1. The first-order valence-electron chi connectivity index (χ1n) is 8.84. The molecule has 0 spiro atoms. The topological polar surface area (TPSA) is 46.6 Å². The number of likely N-dealkylation sites (tertiary alicyclic amines) is 1. The summed E-state index contributed by atoms with van der Waals surface area (Å²) in [5, 5.41) is 0. The van der Waals surface area contributed by atoms with Crippen molar-refractivity contribution >= 4 is 23.2 Å². The molecule has 1 fully saturated rings. The van der Waals surface area contributed by atoms with Crippen LogP contribution in [0.15, 0.2) is 30.3 Å². The molecule has 1 atom stereocenters. The summed E-state index contributed by atoms with van der Waals surface area (Å²) in [4.78, 5) is 28.4. The zero-order valence-electron chi connectivity index (χ0n) is 14.3. The number of nitrogens with zero attached hydrogens (tertiary/aromatic N) is 1. The lowest BCUT2D eigenvalue weighted by Gasteiger charge is -2.20.